The molecule has 2 aromatic rings. The van der Waals surface area contributed by atoms with Gasteiger partial charge >= 0.3 is 6.09 Å². The van der Waals surface area contributed by atoms with E-state index in [1.165, 1.54) is 5.01 Å². The van der Waals surface area contributed by atoms with E-state index in [-0.39, 0.29) is 17.9 Å². The minimum atomic E-state index is -0.656. The fourth-order valence-electron chi connectivity index (χ4n) is 2.97. The number of hydrogen-bond donors (Lipinski definition) is 1. The van der Waals surface area contributed by atoms with E-state index >= 15 is 0 Å². The second kappa shape index (κ2) is 10.6. The van der Waals surface area contributed by atoms with Gasteiger partial charge in [0.05, 0.1) is 0 Å². The molecule has 0 spiro atoms. The lowest BCUT2D eigenvalue weighted by Crippen LogP contribution is -2.46. The minimum absolute atomic E-state index is 0.0601. The van der Waals surface area contributed by atoms with Crippen molar-refractivity contribution < 1.29 is 14.3 Å². The van der Waals surface area contributed by atoms with Crippen LogP contribution in [0.15, 0.2) is 60.7 Å². The molecule has 0 saturated heterocycles. The highest BCUT2D eigenvalue weighted by atomic mass is 16.6. The number of allylic oxidation sites excluding steroid dienone is 1. The van der Waals surface area contributed by atoms with Crippen molar-refractivity contribution in [3.8, 4) is 0 Å². The Labute approximate surface area is 179 Å². The van der Waals surface area contributed by atoms with Gasteiger partial charge in [-0.3, -0.25) is 4.79 Å². The predicted octanol–water partition coefficient (Wildman–Crippen LogP) is 5.58. The monoisotopic (exact) mass is 408 g/mol. The molecule has 2 rings (SSSR count). The number of hydrogen-bond acceptors (Lipinski definition) is 3. The Morgan fingerprint density at radius 2 is 1.67 bits per heavy atom. The first kappa shape index (κ1) is 23.2. The van der Waals surface area contributed by atoms with Crippen molar-refractivity contribution in [2.45, 2.75) is 47.6 Å². The summed E-state index contributed by atoms with van der Waals surface area (Å²) in [6, 6.07) is 15.1. The van der Waals surface area contributed by atoms with Crippen LogP contribution >= 0.6 is 0 Å². The van der Waals surface area contributed by atoms with E-state index in [0.717, 1.165) is 16.7 Å². The van der Waals surface area contributed by atoms with Gasteiger partial charge in [0.15, 0.2) is 0 Å². The van der Waals surface area contributed by atoms with Crippen LogP contribution in [-0.4, -0.2) is 23.6 Å². The normalized spacial score (nSPS) is 11.4. The molecule has 0 aliphatic heterocycles. The first-order valence-corrected chi connectivity index (χ1v) is 10.2. The summed E-state index contributed by atoms with van der Waals surface area (Å²) in [5, 5.41) is 1.33. The first-order valence-electron chi connectivity index (χ1n) is 10.2. The van der Waals surface area contributed by atoms with Crippen molar-refractivity contribution in [1.29, 1.82) is 0 Å². The number of benzene rings is 2. The molecule has 0 aliphatic rings. The van der Waals surface area contributed by atoms with E-state index < -0.39 is 6.09 Å². The number of nitrogens with one attached hydrogen (secondary N) is 1. The maximum atomic E-state index is 13.1. The van der Waals surface area contributed by atoms with Crippen LogP contribution in [0, 0.1) is 19.3 Å². The molecule has 0 bridgehead atoms. The number of amides is 2. The summed E-state index contributed by atoms with van der Waals surface area (Å²) >= 11 is 0. The molecule has 1 N–H and O–H groups in total. The standard InChI is InChI=1S/C25H32N2O3/c1-19-15-20(2)17-22(16-19)23(28)27(14-10-9-13-25(3,4)5)26-24(29)30-18-21-11-7-6-8-12-21/h6-9,11-13,15-17H,10,14,18H2,1-5H3,(H,26,29). The van der Waals surface area contributed by atoms with Gasteiger partial charge in [-0.25, -0.2) is 15.2 Å². The Balaban J connectivity index is 2.08. The number of ether oxygens (including phenoxy) is 1. The molecule has 0 fully saturated rings. The van der Waals surface area contributed by atoms with Crippen LogP contribution in [-0.2, 0) is 11.3 Å². The smallest absolute Gasteiger partial charge is 0.426 e. The van der Waals surface area contributed by atoms with Crippen LogP contribution < -0.4 is 5.43 Å². The van der Waals surface area contributed by atoms with Gasteiger partial charge in [-0.05, 0) is 43.4 Å². The number of aryl methyl sites for hydroxylation is 2. The molecular weight excluding hydrogens is 376 g/mol. The second-order valence-corrected chi connectivity index (χ2v) is 8.56. The number of carbonyl (C=O) groups is 2. The average Bonchev–Trinajstić information content (AvgIpc) is 2.67. The third-order valence-electron chi connectivity index (χ3n) is 4.29. The SMILES string of the molecule is Cc1cc(C)cc(C(=O)N(CCC=CC(C)(C)C)NC(=O)OCc2ccccc2)c1. The van der Waals surface area contributed by atoms with Gasteiger partial charge in [-0.15, -0.1) is 0 Å². The summed E-state index contributed by atoms with van der Waals surface area (Å²) in [6.07, 6.45) is 4.09. The molecule has 0 aromatic heterocycles. The van der Waals surface area contributed by atoms with Gasteiger partial charge in [0.1, 0.15) is 6.61 Å². The number of hydrazine groups is 1. The molecule has 5 heteroatoms. The zero-order chi connectivity index (χ0) is 22.1. The molecule has 0 saturated carbocycles. The molecule has 0 radical (unpaired) electrons. The van der Waals surface area contributed by atoms with Crippen molar-refractivity contribution in [3.63, 3.8) is 0 Å². The highest BCUT2D eigenvalue weighted by molar-refractivity contribution is 5.95. The lowest BCUT2D eigenvalue weighted by Gasteiger charge is -2.23. The van der Waals surface area contributed by atoms with Gasteiger partial charge in [-0.2, -0.15) is 0 Å². The quantitative estimate of drug-likeness (QED) is 0.501. The van der Waals surface area contributed by atoms with E-state index in [1.807, 2.05) is 68.5 Å². The summed E-state index contributed by atoms with van der Waals surface area (Å²) in [5.41, 5.74) is 6.09. The van der Waals surface area contributed by atoms with Crippen LogP contribution in [0.5, 0.6) is 0 Å². The van der Waals surface area contributed by atoms with Crippen molar-refractivity contribution >= 4 is 12.0 Å². The lowest BCUT2D eigenvalue weighted by molar-refractivity contribution is 0.0600. The average molecular weight is 409 g/mol. The zero-order valence-electron chi connectivity index (χ0n) is 18.6. The number of nitrogens with zero attached hydrogens (tertiary/aromatic N) is 1. The van der Waals surface area contributed by atoms with E-state index in [0.29, 0.717) is 18.5 Å². The predicted molar refractivity (Wildman–Crippen MR) is 120 cm³/mol. The van der Waals surface area contributed by atoms with Crippen molar-refractivity contribution in [2.75, 3.05) is 6.54 Å². The summed E-state index contributed by atoms with van der Waals surface area (Å²) < 4.78 is 5.29. The summed E-state index contributed by atoms with van der Waals surface area (Å²) in [6.45, 7) is 10.7. The maximum Gasteiger partial charge on any atom is 0.426 e. The molecular formula is C25H32N2O3. The third-order valence-corrected chi connectivity index (χ3v) is 4.29. The number of rotatable bonds is 6. The van der Waals surface area contributed by atoms with Crippen molar-refractivity contribution in [3.05, 3.63) is 82.9 Å². The Hall–Kier alpha value is -3.08. The topological polar surface area (TPSA) is 58.6 Å². The Bertz CT molecular complexity index is 863. The van der Waals surface area contributed by atoms with Crippen LogP contribution in [0.25, 0.3) is 0 Å². The molecule has 5 nitrogen and oxygen atoms in total. The number of carbonyl (C=O) groups excluding carboxylic acids is 2. The van der Waals surface area contributed by atoms with Gasteiger partial charge < -0.3 is 4.74 Å². The van der Waals surface area contributed by atoms with Crippen molar-refractivity contribution in [1.82, 2.24) is 10.4 Å². The fourth-order valence-corrected chi connectivity index (χ4v) is 2.97. The van der Waals surface area contributed by atoms with E-state index in [4.69, 9.17) is 4.74 Å². The zero-order valence-corrected chi connectivity index (χ0v) is 18.6. The first-order chi connectivity index (χ1) is 14.1. The highest BCUT2D eigenvalue weighted by Crippen LogP contribution is 2.15. The summed E-state index contributed by atoms with van der Waals surface area (Å²) in [5.74, 6) is -0.261. The van der Waals surface area contributed by atoms with Crippen molar-refractivity contribution in [2.24, 2.45) is 5.41 Å². The Morgan fingerprint density at radius 1 is 1.03 bits per heavy atom. The van der Waals surface area contributed by atoms with Gasteiger partial charge in [0, 0.05) is 12.1 Å². The largest absolute Gasteiger partial charge is 0.443 e. The molecule has 2 aromatic carbocycles. The Kier molecular flexibility index (Phi) is 8.22. The van der Waals surface area contributed by atoms with E-state index in [9.17, 15) is 9.59 Å². The van der Waals surface area contributed by atoms with Gasteiger partial charge in [0.2, 0.25) is 0 Å². The minimum Gasteiger partial charge on any atom is -0.443 e. The van der Waals surface area contributed by atoms with Crippen LogP contribution in [0.3, 0.4) is 0 Å². The fraction of sp³-hybridized carbons (Fsp3) is 0.360. The van der Waals surface area contributed by atoms with Crippen LogP contribution in [0.2, 0.25) is 0 Å². The van der Waals surface area contributed by atoms with Gasteiger partial charge in [-0.1, -0.05) is 80.4 Å². The van der Waals surface area contributed by atoms with E-state index in [2.05, 4.69) is 32.3 Å². The molecule has 30 heavy (non-hydrogen) atoms. The van der Waals surface area contributed by atoms with Gasteiger partial charge in [0.25, 0.3) is 5.91 Å². The lowest BCUT2D eigenvalue weighted by atomic mass is 9.96. The molecule has 0 atom stereocenters. The maximum absolute atomic E-state index is 13.1. The molecule has 2 amide bonds. The molecule has 160 valence electrons. The third kappa shape index (κ3) is 8.11. The molecule has 0 unspecified atom stereocenters. The van der Waals surface area contributed by atoms with Crippen LogP contribution in [0.4, 0.5) is 4.79 Å². The van der Waals surface area contributed by atoms with Crippen LogP contribution in [0.1, 0.15) is 54.2 Å². The molecule has 0 aliphatic carbocycles. The second-order valence-electron chi connectivity index (χ2n) is 8.56. The highest BCUT2D eigenvalue weighted by Gasteiger charge is 2.19. The molecule has 0 heterocycles. The Morgan fingerprint density at radius 3 is 2.27 bits per heavy atom. The summed E-state index contributed by atoms with van der Waals surface area (Å²) in [7, 11) is 0. The summed E-state index contributed by atoms with van der Waals surface area (Å²) in [4.78, 5) is 25.4. The van der Waals surface area contributed by atoms with E-state index in [1.54, 1.807) is 0 Å².